The quantitative estimate of drug-likeness (QED) is 0.340. The molecule has 3 aromatic rings. The summed E-state index contributed by atoms with van der Waals surface area (Å²) in [6.07, 6.45) is 4.82. The van der Waals surface area contributed by atoms with Crippen LogP contribution in [0.1, 0.15) is 82.2 Å². The van der Waals surface area contributed by atoms with Crippen LogP contribution < -0.4 is 5.32 Å². The lowest BCUT2D eigenvalue weighted by Crippen LogP contribution is -2.41. The van der Waals surface area contributed by atoms with Crippen LogP contribution in [0.2, 0.25) is 0 Å². The molecule has 2 amide bonds. The number of hydrogen-bond acceptors (Lipinski definition) is 2. The minimum atomic E-state index is -0.152. The second-order valence-electron chi connectivity index (χ2n) is 13.2. The number of benzene rings is 3. The highest BCUT2D eigenvalue weighted by atomic mass is 16.3. The van der Waals surface area contributed by atoms with Crippen LogP contribution in [0.4, 0.5) is 10.5 Å². The summed E-state index contributed by atoms with van der Waals surface area (Å²) in [7, 11) is 0. The molecule has 0 radical (unpaired) electrons. The second kappa shape index (κ2) is 11.9. The van der Waals surface area contributed by atoms with Crippen molar-refractivity contribution < 1.29 is 9.90 Å². The number of rotatable bonds is 6. The molecule has 0 unspecified atom stereocenters. The van der Waals surface area contributed by atoms with Crippen molar-refractivity contribution in [2.45, 2.75) is 84.5 Å². The molecular formula is C35H46N2O2. The average Bonchev–Trinajstić information content (AvgIpc) is 2.88. The molecule has 1 heterocycles. The summed E-state index contributed by atoms with van der Waals surface area (Å²) < 4.78 is 0. The van der Waals surface area contributed by atoms with Crippen molar-refractivity contribution in [2.75, 3.05) is 18.4 Å². The van der Waals surface area contributed by atoms with Gasteiger partial charge in [0.1, 0.15) is 5.75 Å². The Balaban J connectivity index is 1.41. The Bertz CT molecular complexity index is 1220. The Morgan fingerprint density at radius 2 is 1.38 bits per heavy atom. The van der Waals surface area contributed by atoms with Crippen LogP contribution in [0.5, 0.6) is 5.75 Å². The summed E-state index contributed by atoms with van der Waals surface area (Å²) in [5, 5.41) is 14.3. The average molecular weight is 527 g/mol. The normalized spacial score (nSPS) is 14.9. The molecule has 1 saturated heterocycles. The van der Waals surface area contributed by atoms with Gasteiger partial charge in [-0.3, -0.25) is 0 Å². The summed E-state index contributed by atoms with van der Waals surface area (Å²) in [5.41, 5.74) is 6.29. The SMILES string of the molecule is CC(C)(C)c1cc(CCc2ccccc2NC(=O)N2CCC(Cc3ccccc3)CC2)cc(C(C)(C)C)c1O. The summed E-state index contributed by atoms with van der Waals surface area (Å²) in [6.45, 7) is 14.5. The number of likely N-dealkylation sites (tertiary alicyclic amines) is 1. The third kappa shape index (κ3) is 7.44. The molecular weight excluding hydrogens is 480 g/mol. The number of phenols is 1. The van der Waals surface area contributed by atoms with Gasteiger partial charge in [-0.1, -0.05) is 102 Å². The van der Waals surface area contributed by atoms with Crippen LogP contribution >= 0.6 is 0 Å². The second-order valence-corrected chi connectivity index (χ2v) is 13.2. The molecule has 4 nitrogen and oxygen atoms in total. The van der Waals surface area contributed by atoms with Gasteiger partial charge in [0.2, 0.25) is 0 Å². The summed E-state index contributed by atoms with van der Waals surface area (Å²) in [6, 6.07) is 23.1. The summed E-state index contributed by atoms with van der Waals surface area (Å²) in [4.78, 5) is 15.2. The molecule has 1 fully saturated rings. The Morgan fingerprint density at radius 3 is 1.97 bits per heavy atom. The van der Waals surface area contributed by atoms with Crippen molar-refractivity contribution >= 4 is 11.7 Å². The number of amides is 2. The number of aromatic hydroxyl groups is 1. The van der Waals surface area contributed by atoms with Crippen LogP contribution in [0, 0.1) is 5.92 Å². The topological polar surface area (TPSA) is 52.6 Å². The van der Waals surface area contributed by atoms with Crippen LogP contribution in [0.3, 0.4) is 0 Å². The van der Waals surface area contributed by atoms with Gasteiger partial charge in [-0.05, 0) is 82.7 Å². The zero-order valence-corrected chi connectivity index (χ0v) is 24.7. The number of piperidine rings is 1. The van der Waals surface area contributed by atoms with Crippen LogP contribution in [-0.4, -0.2) is 29.1 Å². The molecule has 0 atom stereocenters. The minimum absolute atomic E-state index is 0.00437. The molecule has 0 saturated carbocycles. The molecule has 0 aliphatic carbocycles. The van der Waals surface area contributed by atoms with Gasteiger partial charge >= 0.3 is 6.03 Å². The fourth-order valence-electron chi connectivity index (χ4n) is 5.60. The van der Waals surface area contributed by atoms with Crippen LogP contribution in [-0.2, 0) is 30.1 Å². The first-order valence-corrected chi connectivity index (χ1v) is 14.5. The van der Waals surface area contributed by atoms with E-state index in [9.17, 15) is 9.90 Å². The number of nitrogens with one attached hydrogen (secondary N) is 1. The lowest BCUT2D eigenvalue weighted by Gasteiger charge is -2.32. The Hall–Kier alpha value is -3.27. The molecule has 208 valence electrons. The molecule has 4 heteroatoms. The molecule has 0 bridgehead atoms. The van der Waals surface area contributed by atoms with Gasteiger partial charge < -0.3 is 15.3 Å². The number of nitrogens with zero attached hydrogens (tertiary/aromatic N) is 1. The molecule has 1 aliphatic rings. The third-order valence-corrected chi connectivity index (χ3v) is 8.00. The van der Waals surface area contributed by atoms with Gasteiger partial charge in [0.25, 0.3) is 0 Å². The van der Waals surface area contributed by atoms with E-state index in [0.717, 1.165) is 67.6 Å². The van der Waals surface area contributed by atoms with Crippen molar-refractivity contribution in [3.05, 3.63) is 94.5 Å². The minimum Gasteiger partial charge on any atom is -0.507 e. The lowest BCUT2D eigenvalue weighted by molar-refractivity contribution is 0.182. The summed E-state index contributed by atoms with van der Waals surface area (Å²) in [5.74, 6) is 1.05. The molecule has 2 N–H and O–H groups in total. The van der Waals surface area contributed by atoms with Crippen LogP contribution in [0.15, 0.2) is 66.7 Å². The van der Waals surface area contributed by atoms with Crippen molar-refractivity contribution in [2.24, 2.45) is 5.92 Å². The van der Waals surface area contributed by atoms with Crippen LogP contribution in [0.25, 0.3) is 0 Å². The highest BCUT2D eigenvalue weighted by Gasteiger charge is 2.27. The van der Waals surface area contributed by atoms with Crippen molar-refractivity contribution in [3.8, 4) is 5.75 Å². The zero-order chi connectivity index (χ0) is 28.2. The highest BCUT2D eigenvalue weighted by Crippen LogP contribution is 2.40. The number of anilines is 1. The number of para-hydroxylation sites is 1. The molecule has 0 spiro atoms. The van der Waals surface area contributed by atoms with Gasteiger partial charge in [-0.25, -0.2) is 4.79 Å². The molecule has 3 aromatic carbocycles. The van der Waals surface area contributed by atoms with Gasteiger partial charge in [-0.2, -0.15) is 0 Å². The van der Waals surface area contributed by atoms with E-state index in [-0.39, 0.29) is 16.9 Å². The van der Waals surface area contributed by atoms with Gasteiger partial charge in [0.15, 0.2) is 0 Å². The zero-order valence-electron chi connectivity index (χ0n) is 24.7. The highest BCUT2D eigenvalue weighted by molar-refractivity contribution is 5.90. The van der Waals surface area contributed by atoms with Gasteiger partial charge in [0.05, 0.1) is 0 Å². The standard InChI is InChI=1S/C35H46N2O2/c1-34(2,3)29-23-27(24-30(32(29)38)35(4,5)6)16-17-28-14-10-11-15-31(28)36-33(39)37-20-18-26(19-21-37)22-25-12-8-7-9-13-25/h7-15,23-24,26,38H,16-22H2,1-6H3,(H,36,39). The largest absolute Gasteiger partial charge is 0.507 e. The number of phenolic OH excluding ortho intramolecular Hbond substituents is 1. The predicted octanol–water partition coefficient (Wildman–Crippen LogP) is 8.26. The monoisotopic (exact) mass is 526 g/mol. The van der Waals surface area contributed by atoms with Gasteiger partial charge in [0, 0.05) is 18.8 Å². The first-order valence-electron chi connectivity index (χ1n) is 14.5. The molecule has 0 aromatic heterocycles. The first-order chi connectivity index (χ1) is 18.4. The Morgan fingerprint density at radius 1 is 0.821 bits per heavy atom. The Kier molecular flexibility index (Phi) is 8.73. The van der Waals surface area contributed by atoms with E-state index < -0.39 is 0 Å². The van der Waals surface area contributed by atoms with E-state index in [2.05, 4.69) is 95.4 Å². The maximum atomic E-state index is 13.2. The number of hydrogen-bond donors (Lipinski definition) is 2. The van der Waals surface area contributed by atoms with Crippen molar-refractivity contribution in [1.29, 1.82) is 0 Å². The number of carbonyl (C=O) groups is 1. The predicted molar refractivity (Wildman–Crippen MR) is 163 cm³/mol. The number of aryl methyl sites for hydroxylation is 2. The smallest absolute Gasteiger partial charge is 0.321 e. The number of urea groups is 1. The first kappa shape index (κ1) is 28.7. The maximum Gasteiger partial charge on any atom is 0.321 e. The third-order valence-electron chi connectivity index (χ3n) is 8.00. The number of carbonyl (C=O) groups excluding carboxylic acids is 1. The van der Waals surface area contributed by atoms with E-state index in [0.29, 0.717) is 11.7 Å². The molecule has 39 heavy (non-hydrogen) atoms. The van der Waals surface area contributed by atoms with Crippen molar-refractivity contribution in [1.82, 2.24) is 4.90 Å². The summed E-state index contributed by atoms with van der Waals surface area (Å²) >= 11 is 0. The van der Waals surface area contributed by atoms with E-state index in [1.165, 1.54) is 11.1 Å². The lowest BCUT2D eigenvalue weighted by atomic mass is 9.78. The fraction of sp³-hybridized carbons (Fsp3) is 0.457. The van der Waals surface area contributed by atoms with E-state index in [1.54, 1.807) is 0 Å². The van der Waals surface area contributed by atoms with Gasteiger partial charge in [-0.15, -0.1) is 0 Å². The Labute approximate surface area is 235 Å². The maximum absolute atomic E-state index is 13.2. The van der Waals surface area contributed by atoms with E-state index in [4.69, 9.17) is 0 Å². The fourth-order valence-corrected chi connectivity index (χ4v) is 5.60. The van der Waals surface area contributed by atoms with E-state index >= 15 is 0 Å². The van der Waals surface area contributed by atoms with Crippen molar-refractivity contribution in [3.63, 3.8) is 0 Å². The van der Waals surface area contributed by atoms with E-state index in [1.807, 2.05) is 23.1 Å². The molecule has 1 aliphatic heterocycles. The molecule has 4 rings (SSSR count).